The molecule has 9 heteroatoms. The van der Waals surface area contributed by atoms with Crippen molar-refractivity contribution >= 4 is 22.2 Å². The van der Waals surface area contributed by atoms with Crippen molar-refractivity contribution in [2.75, 3.05) is 49.1 Å². The highest BCUT2D eigenvalue weighted by Crippen LogP contribution is 2.34. The van der Waals surface area contributed by atoms with Gasteiger partial charge in [-0.05, 0) is 18.6 Å². The van der Waals surface area contributed by atoms with Gasteiger partial charge >= 0.3 is 6.18 Å². The first-order valence-corrected chi connectivity index (χ1v) is 9.52. The Labute approximate surface area is 154 Å². The monoisotopic (exact) mass is 383 g/mol. The number of anilines is 2. The Hall–Kier alpha value is -1.87. The molecule has 2 saturated heterocycles. The largest absolute Gasteiger partial charge is 0.445 e. The molecule has 0 saturated carbocycles. The number of nitrogens with zero attached hydrogens (tertiary/aromatic N) is 5. The van der Waals surface area contributed by atoms with Crippen molar-refractivity contribution in [3.8, 4) is 0 Å². The molecule has 2 aliphatic heterocycles. The second-order valence-electron chi connectivity index (χ2n) is 6.63. The maximum atomic E-state index is 12.7. The molecule has 0 spiro atoms. The fourth-order valence-electron chi connectivity index (χ4n) is 3.65. The Morgan fingerprint density at radius 3 is 2.31 bits per heavy atom. The molecule has 2 fully saturated rings. The Bertz CT molecular complexity index is 727. The number of hydrogen-bond donors (Lipinski definition) is 0. The van der Waals surface area contributed by atoms with Crippen LogP contribution in [0.5, 0.6) is 0 Å². The van der Waals surface area contributed by atoms with E-state index in [1.54, 1.807) is 0 Å². The van der Waals surface area contributed by atoms with Crippen LogP contribution in [0.1, 0.15) is 11.4 Å². The predicted molar refractivity (Wildman–Crippen MR) is 95.8 cm³/mol. The zero-order chi connectivity index (χ0) is 18.1. The number of rotatable bonds is 3. The number of hydrogen-bond acceptors (Lipinski definition) is 6. The van der Waals surface area contributed by atoms with Crippen LogP contribution in [0, 0.1) is 0 Å². The maximum Gasteiger partial charge on any atom is 0.445 e. The van der Waals surface area contributed by atoms with Gasteiger partial charge < -0.3 is 9.80 Å². The average molecular weight is 383 g/mol. The van der Waals surface area contributed by atoms with Crippen LogP contribution in [-0.2, 0) is 6.18 Å². The second-order valence-corrected chi connectivity index (χ2v) is 7.59. The minimum atomic E-state index is -4.41. The molecule has 26 heavy (non-hydrogen) atoms. The van der Waals surface area contributed by atoms with Gasteiger partial charge in [0.15, 0.2) is 0 Å². The minimum absolute atomic E-state index is 0.370. The average Bonchev–Trinajstić information content (AvgIpc) is 3.32. The molecule has 2 aromatic rings. The molecule has 5 nitrogen and oxygen atoms in total. The van der Waals surface area contributed by atoms with Crippen LogP contribution in [0.25, 0.3) is 0 Å². The summed E-state index contributed by atoms with van der Waals surface area (Å²) >= 11 is 0.629. The molecule has 0 amide bonds. The van der Waals surface area contributed by atoms with E-state index in [2.05, 4.69) is 44.3 Å². The molecule has 3 heterocycles. The van der Waals surface area contributed by atoms with Crippen molar-refractivity contribution in [1.82, 2.24) is 15.1 Å². The summed E-state index contributed by atoms with van der Waals surface area (Å²) in [6, 6.07) is 10.9. The van der Waals surface area contributed by atoms with Gasteiger partial charge in [-0.1, -0.05) is 29.5 Å². The van der Waals surface area contributed by atoms with Gasteiger partial charge in [-0.3, -0.25) is 4.90 Å². The molecular weight excluding hydrogens is 363 g/mol. The fourth-order valence-corrected chi connectivity index (χ4v) is 4.41. The summed E-state index contributed by atoms with van der Waals surface area (Å²) in [6.45, 7) is 5.10. The van der Waals surface area contributed by atoms with Gasteiger partial charge in [-0.2, -0.15) is 13.2 Å². The Kier molecular flexibility index (Phi) is 4.74. The lowest BCUT2D eigenvalue weighted by molar-refractivity contribution is -0.138. The number of benzene rings is 1. The lowest BCUT2D eigenvalue weighted by atomic mass is 10.2. The lowest BCUT2D eigenvalue weighted by Crippen LogP contribution is -2.51. The third kappa shape index (κ3) is 3.64. The number of aromatic nitrogens is 2. The number of alkyl halides is 3. The second kappa shape index (κ2) is 7.03. The smallest absolute Gasteiger partial charge is 0.370 e. The highest BCUT2D eigenvalue weighted by atomic mass is 32.1. The first-order valence-electron chi connectivity index (χ1n) is 8.70. The van der Waals surface area contributed by atoms with E-state index in [4.69, 9.17) is 0 Å². The number of para-hydroxylation sites is 1. The van der Waals surface area contributed by atoms with Crippen LogP contribution in [0.15, 0.2) is 30.3 Å². The standard InChI is InChI=1S/C17H20F3N5S/c18-17(19,20)15-21-22-16(26-15)24-10-8-23(9-11-24)14-6-7-25(12-14)13-4-2-1-3-5-13/h1-5,14H,6-12H2. The van der Waals surface area contributed by atoms with Crippen LogP contribution >= 0.6 is 11.3 Å². The van der Waals surface area contributed by atoms with Gasteiger partial charge in [0.1, 0.15) is 0 Å². The molecule has 1 unspecified atom stereocenters. The zero-order valence-corrected chi connectivity index (χ0v) is 15.0. The summed E-state index contributed by atoms with van der Waals surface area (Å²) in [6.07, 6.45) is -3.30. The first-order chi connectivity index (χ1) is 12.5. The van der Waals surface area contributed by atoms with Crippen molar-refractivity contribution in [3.63, 3.8) is 0 Å². The van der Waals surface area contributed by atoms with Gasteiger partial charge in [0.05, 0.1) is 0 Å². The number of halogens is 3. The SMILES string of the molecule is FC(F)(F)c1nnc(N2CCN(C3CCN(c4ccccc4)C3)CC2)s1. The summed E-state index contributed by atoms with van der Waals surface area (Å²) in [4.78, 5) is 6.76. The fraction of sp³-hybridized carbons (Fsp3) is 0.529. The summed E-state index contributed by atoms with van der Waals surface area (Å²) in [7, 11) is 0. The quantitative estimate of drug-likeness (QED) is 0.814. The molecule has 0 N–H and O–H groups in total. The zero-order valence-electron chi connectivity index (χ0n) is 14.2. The van der Waals surface area contributed by atoms with Crippen molar-refractivity contribution in [2.24, 2.45) is 0 Å². The Morgan fingerprint density at radius 1 is 0.923 bits per heavy atom. The van der Waals surface area contributed by atoms with Gasteiger partial charge in [-0.25, -0.2) is 0 Å². The summed E-state index contributed by atoms with van der Waals surface area (Å²) in [5.74, 6) is 0. The topological polar surface area (TPSA) is 35.5 Å². The van der Waals surface area contributed by atoms with Crippen LogP contribution in [0.2, 0.25) is 0 Å². The van der Waals surface area contributed by atoms with Gasteiger partial charge in [0.25, 0.3) is 0 Å². The summed E-state index contributed by atoms with van der Waals surface area (Å²) in [5, 5.41) is 6.51. The van der Waals surface area contributed by atoms with E-state index in [-0.39, 0.29) is 0 Å². The molecule has 0 bridgehead atoms. The normalized spacial score (nSPS) is 22.2. The van der Waals surface area contributed by atoms with E-state index in [0.29, 0.717) is 35.6 Å². The first kappa shape index (κ1) is 17.5. The third-order valence-corrected chi connectivity index (χ3v) is 6.07. The van der Waals surface area contributed by atoms with E-state index in [0.717, 1.165) is 32.6 Å². The Balaban J connectivity index is 1.32. The van der Waals surface area contributed by atoms with Crippen LogP contribution in [0.3, 0.4) is 0 Å². The van der Waals surface area contributed by atoms with E-state index in [9.17, 15) is 13.2 Å². The van der Waals surface area contributed by atoms with Crippen molar-refractivity contribution in [2.45, 2.75) is 18.6 Å². The highest BCUT2D eigenvalue weighted by molar-refractivity contribution is 7.15. The van der Waals surface area contributed by atoms with E-state index >= 15 is 0 Å². The summed E-state index contributed by atoms with van der Waals surface area (Å²) in [5.41, 5.74) is 1.25. The van der Waals surface area contributed by atoms with Gasteiger partial charge in [0, 0.05) is 51.0 Å². The molecule has 4 rings (SSSR count). The van der Waals surface area contributed by atoms with Crippen LogP contribution in [0.4, 0.5) is 24.0 Å². The maximum absolute atomic E-state index is 12.7. The van der Waals surface area contributed by atoms with E-state index in [1.807, 2.05) is 11.0 Å². The lowest BCUT2D eigenvalue weighted by Gasteiger charge is -2.37. The van der Waals surface area contributed by atoms with Crippen molar-refractivity contribution in [3.05, 3.63) is 35.3 Å². The van der Waals surface area contributed by atoms with Gasteiger partial charge in [-0.15, -0.1) is 10.2 Å². The minimum Gasteiger partial charge on any atom is -0.370 e. The highest BCUT2D eigenvalue weighted by Gasteiger charge is 2.37. The Morgan fingerprint density at radius 2 is 1.65 bits per heavy atom. The van der Waals surface area contributed by atoms with Crippen LogP contribution < -0.4 is 9.80 Å². The molecule has 1 aromatic heterocycles. The third-order valence-electron chi connectivity index (χ3n) is 5.04. The molecule has 140 valence electrons. The van der Waals surface area contributed by atoms with Crippen molar-refractivity contribution in [1.29, 1.82) is 0 Å². The van der Waals surface area contributed by atoms with E-state index < -0.39 is 11.2 Å². The molecule has 1 atom stereocenters. The molecule has 0 radical (unpaired) electrons. The molecule has 1 aromatic carbocycles. The van der Waals surface area contributed by atoms with E-state index in [1.165, 1.54) is 5.69 Å². The van der Waals surface area contributed by atoms with Gasteiger partial charge in [0.2, 0.25) is 10.1 Å². The molecule has 2 aliphatic rings. The summed E-state index contributed by atoms with van der Waals surface area (Å²) < 4.78 is 38.1. The molecule has 0 aliphatic carbocycles. The molecular formula is C17H20F3N5S. The van der Waals surface area contributed by atoms with Crippen LogP contribution in [-0.4, -0.2) is 60.4 Å². The van der Waals surface area contributed by atoms with Crippen molar-refractivity contribution < 1.29 is 13.2 Å². The predicted octanol–water partition coefficient (Wildman–Crippen LogP) is 2.96. The number of piperazine rings is 1.